The second-order valence-electron chi connectivity index (χ2n) is 2.62. The minimum absolute atomic E-state index is 0.428. The molecule has 0 spiro atoms. The molecule has 0 fully saturated rings. The lowest BCUT2D eigenvalue weighted by atomic mass is 10.4. The van der Waals surface area contributed by atoms with Gasteiger partial charge < -0.3 is 0 Å². The van der Waals surface area contributed by atoms with Gasteiger partial charge in [-0.05, 0) is 12.1 Å². The average molecular weight is 241 g/mol. The highest BCUT2D eigenvalue weighted by Gasteiger charge is 2.39. The van der Waals surface area contributed by atoms with Crippen LogP contribution in [0.2, 0.25) is 0 Å². The van der Waals surface area contributed by atoms with Gasteiger partial charge in [0.25, 0.3) is 0 Å². The number of halogens is 4. The fourth-order valence-electron chi connectivity index (χ4n) is 0.849. The molecule has 0 heterocycles. The molecule has 0 saturated carbocycles. The van der Waals surface area contributed by atoms with Crippen LogP contribution < -0.4 is 0 Å². The van der Waals surface area contributed by atoms with E-state index >= 15 is 0 Å². The molecular weight excluding hydrogens is 233 g/mol. The standard InChI is InChI=1S/C9H8ClF3S/c10-6-8(9(11,12)13)14-7-4-2-1-3-5-7/h1-5,8H,6H2. The average Bonchev–Trinajstić information content (AvgIpc) is 2.14. The highest BCUT2D eigenvalue weighted by Crippen LogP contribution is 2.35. The zero-order valence-corrected chi connectivity index (χ0v) is 8.66. The summed E-state index contributed by atoms with van der Waals surface area (Å²) in [5.74, 6) is -0.428. The van der Waals surface area contributed by atoms with Crippen LogP contribution in [-0.2, 0) is 0 Å². The normalized spacial score (nSPS) is 14.0. The van der Waals surface area contributed by atoms with Crippen molar-refractivity contribution in [2.45, 2.75) is 16.3 Å². The van der Waals surface area contributed by atoms with Gasteiger partial charge in [0.05, 0.1) is 0 Å². The first kappa shape index (κ1) is 11.7. The van der Waals surface area contributed by atoms with Crippen LogP contribution in [0, 0.1) is 0 Å². The molecule has 0 amide bonds. The van der Waals surface area contributed by atoms with E-state index in [2.05, 4.69) is 0 Å². The topological polar surface area (TPSA) is 0 Å². The van der Waals surface area contributed by atoms with Crippen LogP contribution in [0.3, 0.4) is 0 Å². The van der Waals surface area contributed by atoms with Crippen molar-refractivity contribution in [1.82, 2.24) is 0 Å². The SMILES string of the molecule is FC(F)(F)C(CCl)Sc1ccccc1. The summed E-state index contributed by atoms with van der Waals surface area (Å²) < 4.78 is 36.9. The van der Waals surface area contributed by atoms with Gasteiger partial charge in [0.2, 0.25) is 0 Å². The zero-order valence-electron chi connectivity index (χ0n) is 7.09. The van der Waals surface area contributed by atoms with E-state index in [0.29, 0.717) is 4.90 Å². The summed E-state index contributed by atoms with van der Waals surface area (Å²) >= 11 is 6.00. The van der Waals surface area contributed by atoms with E-state index in [1.54, 1.807) is 30.3 Å². The van der Waals surface area contributed by atoms with Gasteiger partial charge in [-0.2, -0.15) is 13.2 Å². The molecule has 0 aliphatic heterocycles. The molecule has 1 rings (SSSR count). The molecule has 1 unspecified atom stereocenters. The quantitative estimate of drug-likeness (QED) is 0.570. The Labute approximate surface area is 89.4 Å². The van der Waals surface area contributed by atoms with Gasteiger partial charge in [0.15, 0.2) is 0 Å². The van der Waals surface area contributed by atoms with Crippen LogP contribution >= 0.6 is 23.4 Å². The lowest BCUT2D eigenvalue weighted by Gasteiger charge is -2.16. The Kier molecular flexibility index (Phi) is 4.13. The second kappa shape index (κ2) is 4.94. The fourth-order valence-corrected chi connectivity index (χ4v) is 2.05. The summed E-state index contributed by atoms with van der Waals surface area (Å²) in [6.45, 7) is 0. The summed E-state index contributed by atoms with van der Waals surface area (Å²) in [5, 5.41) is -1.54. The highest BCUT2D eigenvalue weighted by molar-refractivity contribution is 8.00. The first-order valence-corrected chi connectivity index (χ1v) is 5.30. The van der Waals surface area contributed by atoms with Crippen LogP contribution in [0.5, 0.6) is 0 Å². The van der Waals surface area contributed by atoms with Crippen LogP contribution in [0.25, 0.3) is 0 Å². The number of thioether (sulfide) groups is 1. The lowest BCUT2D eigenvalue weighted by Crippen LogP contribution is -2.27. The number of alkyl halides is 4. The molecule has 1 atom stereocenters. The van der Waals surface area contributed by atoms with E-state index in [0.717, 1.165) is 11.8 Å². The molecule has 0 N–H and O–H groups in total. The van der Waals surface area contributed by atoms with Gasteiger partial charge in [-0.15, -0.1) is 23.4 Å². The maximum Gasteiger partial charge on any atom is 0.402 e. The van der Waals surface area contributed by atoms with Crippen molar-refractivity contribution in [2.75, 3.05) is 5.88 Å². The third kappa shape index (κ3) is 3.42. The third-order valence-electron chi connectivity index (χ3n) is 1.53. The van der Waals surface area contributed by atoms with Crippen molar-refractivity contribution in [2.24, 2.45) is 0 Å². The second-order valence-corrected chi connectivity index (χ2v) is 4.20. The first-order chi connectivity index (χ1) is 6.54. The molecule has 1 aromatic carbocycles. The zero-order chi connectivity index (χ0) is 10.6. The summed E-state index contributed by atoms with van der Waals surface area (Å²) in [6, 6.07) is 8.42. The number of rotatable bonds is 3. The Balaban J connectivity index is 2.67. The van der Waals surface area contributed by atoms with Crippen molar-refractivity contribution < 1.29 is 13.2 Å². The van der Waals surface area contributed by atoms with Gasteiger partial charge in [-0.3, -0.25) is 0 Å². The van der Waals surface area contributed by atoms with Crippen LogP contribution in [0.4, 0.5) is 13.2 Å². The monoisotopic (exact) mass is 240 g/mol. The Morgan fingerprint density at radius 2 is 1.79 bits per heavy atom. The van der Waals surface area contributed by atoms with Crippen LogP contribution in [-0.4, -0.2) is 17.3 Å². The molecular formula is C9H8ClF3S. The van der Waals surface area contributed by atoms with Crippen molar-refractivity contribution in [3.8, 4) is 0 Å². The highest BCUT2D eigenvalue weighted by atomic mass is 35.5. The maximum absolute atomic E-state index is 12.3. The van der Waals surface area contributed by atoms with Crippen molar-refractivity contribution in [1.29, 1.82) is 0 Å². The maximum atomic E-state index is 12.3. The molecule has 0 aliphatic rings. The van der Waals surface area contributed by atoms with E-state index in [1.165, 1.54) is 0 Å². The fraction of sp³-hybridized carbons (Fsp3) is 0.333. The first-order valence-electron chi connectivity index (χ1n) is 3.88. The lowest BCUT2D eigenvalue weighted by molar-refractivity contribution is -0.124. The summed E-state index contributed by atoms with van der Waals surface area (Å²) in [4.78, 5) is 0.579. The van der Waals surface area contributed by atoms with Crippen molar-refractivity contribution >= 4 is 23.4 Å². The smallest absolute Gasteiger partial charge is 0.170 e. The van der Waals surface area contributed by atoms with E-state index in [-0.39, 0.29) is 0 Å². The van der Waals surface area contributed by atoms with Crippen molar-refractivity contribution in [3.05, 3.63) is 30.3 Å². The molecule has 0 bridgehead atoms. The minimum Gasteiger partial charge on any atom is -0.170 e. The molecule has 1 aromatic rings. The van der Waals surface area contributed by atoms with E-state index in [1.807, 2.05) is 0 Å². The Bertz CT molecular complexity index is 273. The Morgan fingerprint density at radius 1 is 1.21 bits per heavy atom. The summed E-state index contributed by atoms with van der Waals surface area (Å²) in [5.41, 5.74) is 0. The predicted molar refractivity (Wildman–Crippen MR) is 52.9 cm³/mol. The molecule has 0 aromatic heterocycles. The molecule has 0 nitrogen and oxygen atoms in total. The van der Waals surface area contributed by atoms with Crippen LogP contribution in [0.15, 0.2) is 35.2 Å². The van der Waals surface area contributed by atoms with Crippen LogP contribution in [0.1, 0.15) is 0 Å². The Morgan fingerprint density at radius 3 is 2.21 bits per heavy atom. The summed E-state index contributed by atoms with van der Waals surface area (Å²) in [6.07, 6.45) is -4.25. The predicted octanol–water partition coefficient (Wildman–Crippen LogP) is 3.95. The van der Waals surface area contributed by atoms with Crippen molar-refractivity contribution in [3.63, 3.8) is 0 Å². The molecule has 0 saturated heterocycles. The van der Waals surface area contributed by atoms with Gasteiger partial charge in [0, 0.05) is 10.8 Å². The number of hydrogen-bond donors (Lipinski definition) is 0. The van der Waals surface area contributed by atoms with E-state index in [9.17, 15) is 13.2 Å². The molecule has 5 heteroatoms. The third-order valence-corrected chi connectivity index (χ3v) is 3.28. The largest absolute Gasteiger partial charge is 0.402 e. The Hall–Kier alpha value is -0.350. The van der Waals surface area contributed by atoms with E-state index < -0.39 is 17.3 Å². The molecule has 0 aliphatic carbocycles. The molecule has 0 radical (unpaired) electrons. The number of hydrogen-bond acceptors (Lipinski definition) is 1. The van der Waals surface area contributed by atoms with Gasteiger partial charge in [-0.25, -0.2) is 0 Å². The number of benzene rings is 1. The minimum atomic E-state index is -4.25. The van der Waals surface area contributed by atoms with E-state index in [4.69, 9.17) is 11.6 Å². The van der Waals surface area contributed by atoms with Gasteiger partial charge in [-0.1, -0.05) is 18.2 Å². The van der Waals surface area contributed by atoms with Gasteiger partial charge in [0.1, 0.15) is 5.25 Å². The van der Waals surface area contributed by atoms with Gasteiger partial charge >= 0.3 is 6.18 Å². The molecule has 14 heavy (non-hydrogen) atoms. The summed E-state index contributed by atoms with van der Waals surface area (Å²) in [7, 11) is 0. The molecule has 78 valence electrons.